The molecule has 0 saturated carbocycles. The Morgan fingerprint density at radius 2 is 1.71 bits per heavy atom. The lowest BCUT2D eigenvalue weighted by molar-refractivity contribution is 0.606. The predicted molar refractivity (Wildman–Crippen MR) is 72.1 cm³/mol. The average molecular weight is 254 g/mol. The zero-order valence-corrected chi connectivity index (χ0v) is 11.4. The molecular formula is C14H22O2S. The maximum atomic E-state index is 10.8. The fraction of sp³-hybridized carbons (Fsp3) is 0.571. The molecule has 1 aromatic carbocycles. The standard InChI is InChI=1S/C14H22O2S/c1-2-3-4-5-6-7-9-13-10-8-11-14(12-13)17(15)16/h8,10-12,17H,2-7,9H2,1H3. The van der Waals surface area contributed by atoms with E-state index in [1.54, 1.807) is 12.1 Å². The van der Waals surface area contributed by atoms with Gasteiger partial charge in [-0.25, -0.2) is 8.42 Å². The van der Waals surface area contributed by atoms with Crippen LogP contribution in [0.2, 0.25) is 0 Å². The Labute approximate surface area is 106 Å². The maximum absolute atomic E-state index is 10.8. The van der Waals surface area contributed by atoms with Gasteiger partial charge in [-0.05, 0) is 30.5 Å². The second-order valence-electron chi connectivity index (χ2n) is 4.44. The summed E-state index contributed by atoms with van der Waals surface area (Å²) in [7, 11) is -2.44. The molecule has 0 atom stereocenters. The van der Waals surface area contributed by atoms with Crippen molar-refractivity contribution in [2.75, 3.05) is 0 Å². The highest BCUT2D eigenvalue weighted by Crippen LogP contribution is 2.12. The molecule has 0 fully saturated rings. The van der Waals surface area contributed by atoms with Crippen molar-refractivity contribution < 1.29 is 8.42 Å². The minimum atomic E-state index is -2.44. The fourth-order valence-electron chi connectivity index (χ4n) is 1.93. The molecule has 2 nitrogen and oxygen atoms in total. The number of hydrogen-bond acceptors (Lipinski definition) is 2. The van der Waals surface area contributed by atoms with Crippen molar-refractivity contribution in [3.63, 3.8) is 0 Å². The van der Waals surface area contributed by atoms with Crippen LogP contribution in [-0.2, 0) is 17.1 Å². The van der Waals surface area contributed by atoms with Gasteiger partial charge >= 0.3 is 0 Å². The normalized spacial score (nSPS) is 10.9. The van der Waals surface area contributed by atoms with Crippen molar-refractivity contribution in [1.29, 1.82) is 0 Å². The van der Waals surface area contributed by atoms with Crippen LogP contribution in [0, 0.1) is 0 Å². The summed E-state index contributed by atoms with van der Waals surface area (Å²) in [5.41, 5.74) is 1.14. The van der Waals surface area contributed by atoms with Crippen molar-refractivity contribution in [2.24, 2.45) is 0 Å². The van der Waals surface area contributed by atoms with Crippen molar-refractivity contribution >= 4 is 10.7 Å². The van der Waals surface area contributed by atoms with E-state index in [4.69, 9.17) is 0 Å². The first-order valence-corrected chi connectivity index (χ1v) is 7.65. The first kappa shape index (κ1) is 14.2. The molecule has 3 heteroatoms. The summed E-state index contributed by atoms with van der Waals surface area (Å²) >= 11 is 0. The van der Waals surface area contributed by atoms with Gasteiger partial charge in [0.25, 0.3) is 0 Å². The van der Waals surface area contributed by atoms with Crippen LogP contribution in [0.4, 0.5) is 0 Å². The van der Waals surface area contributed by atoms with Gasteiger partial charge in [-0.1, -0.05) is 51.2 Å². The molecule has 0 radical (unpaired) electrons. The zero-order chi connectivity index (χ0) is 12.5. The average Bonchev–Trinajstić information content (AvgIpc) is 2.34. The second kappa shape index (κ2) is 8.29. The molecular weight excluding hydrogens is 232 g/mol. The summed E-state index contributed by atoms with van der Waals surface area (Å²) in [5, 5.41) is 0. The molecule has 96 valence electrons. The monoisotopic (exact) mass is 254 g/mol. The first-order chi connectivity index (χ1) is 8.24. The van der Waals surface area contributed by atoms with Crippen LogP contribution in [0.3, 0.4) is 0 Å². The molecule has 17 heavy (non-hydrogen) atoms. The Kier molecular flexibility index (Phi) is 6.94. The van der Waals surface area contributed by atoms with Gasteiger partial charge in [-0.2, -0.15) is 0 Å². The second-order valence-corrected chi connectivity index (χ2v) is 5.48. The van der Waals surface area contributed by atoms with E-state index in [1.165, 1.54) is 32.1 Å². The minimum absolute atomic E-state index is 0.434. The highest BCUT2D eigenvalue weighted by atomic mass is 32.2. The maximum Gasteiger partial charge on any atom is 0.168 e. The Morgan fingerprint density at radius 3 is 2.41 bits per heavy atom. The predicted octanol–water partition coefficient (Wildman–Crippen LogP) is 3.56. The summed E-state index contributed by atoms with van der Waals surface area (Å²) in [6, 6.07) is 7.27. The lowest BCUT2D eigenvalue weighted by atomic mass is 10.1. The van der Waals surface area contributed by atoms with Crippen LogP contribution in [0.15, 0.2) is 29.2 Å². The molecule has 0 bridgehead atoms. The van der Waals surface area contributed by atoms with E-state index >= 15 is 0 Å². The number of hydrogen-bond donors (Lipinski definition) is 1. The van der Waals surface area contributed by atoms with Gasteiger partial charge in [0.1, 0.15) is 0 Å². The van der Waals surface area contributed by atoms with E-state index in [9.17, 15) is 8.42 Å². The fourth-order valence-corrected chi connectivity index (χ4v) is 2.41. The Hall–Kier alpha value is -0.830. The van der Waals surface area contributed by atoms with Crippen LogP contribution >= 0.6 is 0 Å². The molecule has 1 aromatic rings. The first-order valence-electron chi connectivity index (χ1n) is 6.47. The van der Waals surface area contributed by atoms with E-state index in [-0.39, 0.29) is 0 Å². The summed E-state index contributed by atoms with van der Waals surface area (Å²) < 4.78 is 21.7. The summed E-state index contributed by atoms with van der Waals surface area (Å²) in [6.45, 7) is 2.22. The lowest BCUT2D eigenvalue weighted by Crippen LogP contribution is -1.88. The summed E-state index contributed by atoms with van der Waals surface area (Å²) in [4.78, 5) is 0.434. The molecule has 0 saturated heterocycles. The third-order valence-corrected chi connectivity index (χ3v) is 3.64. The van der Waals surface area contributed by atoms with E-state index in [0.29, 0.717) is 4.90 Å². The summed E-state index contributed by atoms with van der Waals surface area (Å²) in [6.07, 6.45) is 8.61. The van der Waals surface area contributed by atoms with E-state index in [1.807, 2.05) is 12.1 Å². The largest absolute Gasteiger partial charge is 0.227 e. The molecule has 0 N–H and O–H groups in total. The smallest absolute Gasteiger partial charge is 0.168 e. The number of benzene rings is 1. The van der Waals surface area contributed by atoms with Crippen LogP contribution in [-0.4, -0.2) is 8.42 Å². The van der Waals surface area contributed by atoms with Gasteiger partial charge in [0.05, 0.1) is 4.90 Å². The van der Waals surface area contributed by atoms with E-state index in [0.717, 1.165) is 18.4 Å². The zero-order valence-electron chi connectivity index (χ0n) is 10.5. The highest BCUT2D eigenvalue weighted by Gasteiger charge is 1.98. The van der Waals surface area contributed by atoms with E-state index in [2.05, 4.69) is 6.92 Å². The van der Waals surface area contributed by atoms with Crippen LogP contribution in [0.1, 0.15) is 51.0 Å². The lowest BCUT2D eigenvalue weighted by Gasteiger charge is -2.02. The Bertz CT molecular complexity index is 389. The number of aryl methyl sites for hydroxylation is 1. The molecule has 0 spiro atoms. The Morgan fingerprint density at radius 1 is 1.00 bits per heavy atom. The number of rotatable bonds is 8. The van der Waals surface area contributed by atoms with E-state index < -0.39 is 10.7 Å². The Balaban J connectivity index is 2.29. The number of thiol groups is 1. The van der Waals surface area contributed by atoms with Gasteiger partial charge in [0.2, 0.25) is 0 Å². The van der Waals surface area contributed by atoms with Crippen LogP contribution < -0.4 is 0 Å². The molecule has 1 rings (SSSR count). The van der Waals surface area contributed by atoms with Gasteiger partial charge in [-0.3, -0.25) is 0 Å². The SMILES string of the molecule is CCCCCCCCc1cccc([SH](=O)=O)c1. The molecule has 0 aliphatic carbocycles. The minimum Gasteiger partial charge on any atom is -0.227 e. The van der Waals surface area contributed by atoms with Crippen LogP contribution in [0.5, 0.6) is 0 Å². The quantitative estimate of drug-likeness (QED) is 0.568. The molecule has 0 aromatic heterocycles. The van der Waals surface area contributed by atoms with Gasteiger partial charge in [0.15, 0.2) is 10.7 Å². The molecule has 0 amide bonds. The van der Waals surface area contributed by atoms with Gasteiger partial charge < -0.3 is 0 Å². The third-order valence-electron chi connectivity index (χ3n) is 2.94. The third kappa shape index (κ3) is 5.87. The van der Waals surface area contributed by atoms with Crippen molar-refractivity contribution in [2.45, 2.75) is 56.8 Å². The van der Waals surface area contributed by atoms with Gasteiger partial charge in [0, 0.05) is 0 Å². The van der Waals surface area contributed by atoms with Crippen molar-refractivity contribution in [3.05, 3.63) is 29.8 Å². The summed E-state index contributed by atoms with van der Waals surface area (Å²) in [5.74, 6) is 0. The molecule has 0 heterocycles. The van der Waals surface area contributed by atoms with Crippen molar-refractivity contribution in [1.82, 2.24) is 0 Å². The van der Waals surface area contributed by atoms with Gasteiger partial charge in [-0.15, -0.1) is 0 Å². The highest BCUT2D eigenvalue weighted by molar-refractivity contribution is 7.72. The number of unbranched alkanes of at least 4 members (excludes halogenated alkanes) is 5. The molecule has 0 aliphatic rings. The molecule has 0 aliphatic heterocycles. The topological polar surface area (TPSA) is 34.1 Å². The van der Waals surface area contributed by atoms with Crippen LogP contribution in [0.25, 0.3) is 0 Å². The van der Waals surface area contributed by atoms with Crippen molar-refractivity contribution in [3.8, 4) is 0 Å². The molecule has 0 unspecified atom stereocenters.